The van der Waals surface area contributed by atoms with Crippen molar-refractivity contribution in [1.29, 1.82) is 0 Å². The van der Waals surface area contributed by atoms with Gasteiger partial charge in [0.1, 0.15) is 71.0 Å². The lowest BCUT2D eigenvalue weighted by molar-refractivity contribution is -0.145. The number of carboxylic acid groups (broad SMARTS) is 1. The lowest BCUT2D eigenvalue weighted by atomic mass is 9.80. The normalized spacial score (nSPS) is 10.6. The third-order valence-electron chi connectivity index (χ3n) is 19.1. The van der Waals surface area contributed by atoms with Gasteiger partial charge in [-0.25, -0.2) is 44.9 Å². The molecule has 0 radical (unpaired) electrons. The summed E-state index contributed by atoms with van der Waals surface area (Å²) in [4.78, 5) is 133. The molecular weight excluding hydrogens is 2200 g/mol. The van der Waals surface area contributed by atoms with Gasteiger partial charge < -0.3 is 70.1 Å². The van der Waals surface area contributed by atoms with Crippen molar-refractivity contribution in [3.8, 4) is 56.8 Å². The summed E-state index contributed by atoms with van der Waals surface area (Å²) < 4.78 is 46.1. The number of hydrogen-bond acceptors (Lipinski definition) is 32. The molecule has 0 unspecified atom stereocenters. The molecule has 0 aliphatic heterocycles. The van der Waals surface area contributed by atoms with Crippen LogP contribution >= 0.6 is 129 Å². The molecule has 0 bridgehead atoms. The van der Waals surface area contributed by atoms with Crippen molar-refractivity contribution in [1.82, 2.24) is 102 Å². The second-order valence-electron chi connectivity index (χ2n) is 29.1. The highest BCUT2D eigenvalue weighted by Gasteiger charge is 2.22. The molecular formula is C92H83BBr3Cl7N24O16. The average molecular weight is 2280 g/mol. The number of Topliss-reactive ketones (excluding diaryl/α,β-unsaturated/α-hetero) is 1. The quantitative estimate of drug-likeness (QED) is 0.00698. The second-order valence-corrected chi connectivity index (χ2v) is 34.2. The highest BCUT2D eigenvalue weighted by Crippen LogP contribution is 2.36. The molecule has 40 nitrogen and oxygen atoms in total. The number of H-pyrrole nitrogens is 1. The zero-order chi connectivity index (χ0) is 103. The van der Waals surface area contributed by atoms with Gasteiger partial charge in [0.2, 0.25) is 5.91 Å². The van der Waals surface area contributed by atoms with E-state index in [4.69, 9.17) is 136 Å². The van der Waals surface area contributed by atoms with Gasteiger partial charge in [0, 0.05) is 64.6 Å². The van der Waals surface area contributed by atoms with Crippen LogP contribution in [0.15, 0.2) is 216 Å². The molecule has 4 aromatic carbocycles. The van der Waals surface area contributed by atoms with Crippen molar-refractivity contribution < 1.29 is 77.1 Å². The minimum atomic E-state index is -1.54. The van der Waals surface area contributed by atoms with Gasteiger partial charge in [0.05, 0.1) is 226 Å². The van der Waals surface area contributed by atoms with Crippen LogP contribution in [0.1, 0.15) is 61.5 Å². The van der Waals surface area contributed by atoms with E-state index < -0.39 is 19.1 Å². The van der Waals surface area contributed by atoms with E-state index in [9.17, 15) is 28.8 Å². The molecule has 143 heavy (non-hydrogen) atoms. The lowest BCUT2D eigenvalue weighted by Gasteiger charge is -2.08. The zero-order valence-corrected chi connectivity index (χ0v) is 86.3. The fourth-order valence-electron chi connectivity index (χ4n) is 12.9. The molecule has 0 fully saturated rings. The minimum Gasteiger partial charge on any atom is -0.497 e. The third kappa shape index (κ3) is 31.3. The number of imidazole rings is 6. The minimum absolute atomic E-state index is 0.0412. The summed E-state index contributed by atoms with van der Waals surface area (Å²) in [5.74, 6) is 1.24. The number of ether oxygens (including phenoxy) is 7. The molecule has 14 heterocycles. The number of rotatable bonds is 25. The maximum Gasteiger partial charge on any atom is 0.489 e. The van der Waals surface area contributed by atoms with E-state index >= 15 is 0 Å². The number of carbonyl (C=O) groups is 6. The summed E-state index contributed by atoms with van der Waals surface area (Å²) >= 11 is 51.6. The first-order valence-corrected chi connectivity index (χ1v) is 47.2. The van der Waals surface area contributed by atoms with Crippen molar-refractivity contribution in [3.63, 3.8) is 0 Å². The van der Waals surface area contributed by atoms with Crippen molar-refractivity contribution >= 4 is 234 Å². The number of alkyl halides is 1. The van der Waals surface area contributed by atoms with E-state index in [-0.39, 0.29) is 83.1 Å². The molecule has 18 aromatic rings. The number of ketones is 1. The topological polar surface area (TPSA) is 523 Å². The summed E-state index contributed by atoms with van der Waals surface area (Å²) in [6, 6.07) is 27.7. The van der Waals surface area contributed by atoms with E-state index in [0.29, 0.717) is 137 Å². The molecule has 0 aliphatic carbocycles. The molecule has 18 rings (SSSR count). The Morgan fingerprint density at radius 1 is 0.434 bits per heavy atom. The molecule has 14 aromatic heterocycles. The second kappa shape index (κ2) is 53.3. The van der Waals surface area contributed by atoms with Crippen molar-refractivity contribution in [3.05, 3.63) is 281 Å². The number of carboxylic acids is 1. The number of nitrogen functional groups attached to an aromatic ring is 2. The zero-order valence-electron chi connectivity index (χ0n) is 76.2. The number of aromatic amines is 1. The number of aromatic nitrogens is 21. The summed E-state index contributed by atoms with van der Waals surface area (Å²) in [7, 11) is 4.73. The molecule has 9 N–H and O–H groups in total. The molecule has 0 saturated heterocycles. The van der Waals surface area contributed by atoms with Crippen LogP contribution in [0.5, 0.6) is 23.0 Å². The molecule has 740 valence electrons. The molecule has 1 amide bonds. The number of halogens is 10. The van der Waals surface area contributed by atoms with E-state index in [0.717, 1.165) is 65.7 Å². The number of anilines is 3. The number of pyridine rings is 2. The highest BCUT2D eigenvalue weighted by atomic mass is 79.9. The smallest absolute Gasteiger partial charge is 0.489 e. The molecule has 51 heteroatoms. The first-order valence-electron chi connectivity index (χ1n) is 42.0. The summed E-state index contributed by atoms with van der Waals surface area (Å²) in [6.45, 7) is 6.32. The van der Waals surface area contributed by atoms with E-state index in [1.807, 2.05) is 60.2 Å². The average Bonchev–Trinajstić information content (AvgIpc) is 1.65. The Morgan fingerprint density at radius 2 is 0.825 bits per heavy atom. The van der Waals surface area contributed by atoms with Gasteiger partial charge in [-0.1, -0.05) is 75.7 Å². The highest BCUT2D eigenvalue weighted by molar-refractivity contribution is 9.11. The van der Waals surface area contributed by atoms with Gasteiger partial charge >= 0.3 is 31.0 Å². The van der Waals surface area contributed by atoms with Crippen molar-refractivity contribution in [2.24, 2.45) is 0 Å². The van der Waals surface area contributed by atoms with Gasteiger partial charge in [-0.05, 0) is 160 Å². The van der Waals surface area contributed by atoms with Crippen LogP contribution < -0.4 is 41.2 Å². The lowest BCUT2D eigenvalue weighted by Crippen LogP contribution is -2.30. The fraction of sp³-hybridized carbons (Fsp3) is 0.185. The number of nitrogens with zero attached hydrogens (tertiary/aromatic N) is 20. The van der Waals surface area contributed by atoms with E-state index in [2.05, 4.69) is 138 Å². The number of nitrogens with one attached hydrogen (secondary N) is 2. The van der Waals surface area contributed by atoms with Crippen LogP contribution in [-0.4, -0.2) is 214 Å². The Kier molecular flexibility index (Phi) is 40.8. The number of aliphatic carboxylic acids is 1. The first kappa shape index (κ1) is 109. The number of methoxy groups -OCH3 is 4. The van der Waals surface area contributed by atoms with Crippen LogP contribution in [0.2, 0.25) is 30.4 Å². The molecule has 0 saturated carbocycles. The van der Waals surface area contributed by atoms with Gasteiger partial charge in [0.25, 0.3) is 0 Å². The molecule has 0 atom stereocenters. The number of nitrogens with two attached hydrogens (primary N) is 2. The third-order valence-corrected chi connectivity index (χ3v) is 22.7. The summed E-state index contributed by atoms with van der Waals surface area (Å²) in [6.07, 6.45) is 29.3. The summed E-state index contributed by atoms with van der Waals surface area (Å²) in [5.41, 5.74) is 24.3. The van der Waals surface area contributed by atoms with Gasteiger partial charge in [-0.2, -0.15) is 0 Å². The van der Waals surface area contributed by atoms with E-state index in [1.165, 1.54) is 25.4 Å². The first-order chi connectivity index (χ1) is 68.7. The standard InChI is InChI=1S/C20H16Cl2N6O2.C20H14Cl2N6O.C15H12ClN3O3.2C10H10BrN3O2.C7H8BClO3.C6H9ClO3.C4H4BrN3/c1-30-12-2-3-13(14(21)7-12)16-8-24-9-18-25-11(10-28(16)18)6-19(29)26-15-4-5-17(22)27-20(15)23;1-29-12-2-3-13(14(21)7-12)16-8-23-9-19-24-11(10-28(16)19)6-18-25-15-4-5-17(22)26-20(15)27-18;1-22-10-2-3-11(12(16)5-10)13-6-17-7-14-18-9(4-15(20)21)8-19(13)14;2*1-2-16-10(15)3-7-6-14-8(11)4-12-5-9(14)13-7;1-12-5-2-3-6(8(10)11)7(9)4-5;1-2-10-6(9)3-5(8)4-7;5-3-1-7-2-4(6)8-3/h2-5,7-10H,6H2,1H3,(H2,23,27)(H,26,29);2-5,7-10H,6H2,1H3,(H,25,26,27);2-3,5-8H,4H2,1H3,(H,20,21);2*4-6H,2-3H2,1H3;2-4,10-11H,1H3;2-4H2,1H3;1-2H,(H2,6,8). The van der Waals surface area contributed by atoms with Gasteiger partial charge in [-0.15, -0.1) is 11.6 Å². The number of hydrogen-bond donors (Lipinski definition) is 7. The SMILES string of the molecule is CCOC(=O)CC(=O)CCl.CCOC(=O)Cc1cn2c(Br)cncc2n1.CCOC(=O)Cc1cn2c(Br)cncc2n1.COc1ccc(-c2cncc3nc(CC(=O)Nc4ccc(Cl)nc4N)cn23)c(Cl)c1.COc1ccc(-c2cncc3nc(CC(=O)O)cn23)c(Cl)c1.COc1ccc(-c2cncc3nc(Cc4nc5nc(Cl)ccc5[nH]4)cn23)c(Cl)c1.COc1ccc(B(O)O)c(Cl)c1.Nc1cncc(Br)n1. The fourth-order valence-corrected chi connectivity index (χ4v) is 15.5. The Hall–Kier alpha value is -13.9. The predicted molar refractivity (Wildman–Crippen MR) is 550 cm³/mol. The Labute approximate surface area is 873 Å². The predicted octanol–water partition coefficient (Wildman–Crippen LogP) is 15.9. The maximum absolute atomic E-state index is 12.4. The Bertz CT molecular complexity index is 7440. The Balaban J connectivity index is 0.000000161. The number of benzene rings is 4. The maximum atomic E-state index is 12.4. The van der Waals surface area contributed by atoms with E-state index in [1.54, 1.807) is 188 Å². The number of esters is 3. The van der Waals surface area contributed by atoms with Crippen molar-refractivity contribution in [2.45, 2.75) is 59.3 Å². The number of carbonyl (C=O) groups excluding carboxylic acids is 5. The van der Waals surface area contributed by atoms with Crippen LogP contribution in [-0.2, 0) is 75.1 Å². The summed E-state index contributed by atoms with van der Waals surface area (Å²) in [5, 5.41) is 31.7. The number of fused-ring (bicyclic) bond motifs is 6. The van der Waals surface area contributed by atoms with Crippen LogP contribution in [0, 0.1) is 0 Å². The Morgan fingerprint density at radius 3 is 1.22 bits per heavy atom. The van der Waals surface area contributed by atoms with Crippen LogP contribution in [0.25, 0.3) is 73.2 Å². The molecule has 0 aliphatic rings. The molecule has 0 spiro atoms. The number of amides is 1. The van der Waals surface area contributed by atoms with Gasteiger partial charge in [0.15, 0.2) is 39.7 Å². The van der Waals surface area contributed by atoms with Crippen LogP contribution in [0.4, 0.5) is 17.3 Å². The van der Waals surface area contributed by atoms with Crippen LogP contribution in [0.3, 0.4) is 0 Å². The largest absolute Gasteiger partial charge is 0.497 e. The van der Waals surface area contributed by atoms with Crippen molar-refractivity contribution in [2.75, 3.05) is 70.9 Å². The monoisotopic (exact) mass is 2270 g/mol. The van der Waals surface area contributed by atoms with Gasteiger partial charge in [-0.3, -0.25) is 80.7 Å².